The number of halogens is 2. The second kappa shape index (κ2) is 5.64. The smallest absolute Gasteiger partial charge is 0.316 e. The minimum atomic E-state index is -1.12. The number of carboxylic acids is 1. The van der Waals surface area contributed by atoms with Gasteiger partial charge in [0.15, 0.2) is 0 Å². The number of carboxylic acid groups (broad SMARTS) is 1. The zero-order valence-electron chi connectivity index (χ0n) is 8.91. The van der Waals surface area contributed by atoms with Gasteiger partial charge in [-0.3, -0.25) is 4.79 Å². The summed E-state index contributed by atoms with van der Waals surface area (Å²) >= 11 is 0.610. The van der Waals surface area contributed by atoms with Crippen LogP contribution in [0.4, 0.5) is 8.78 Å². The molecule has 90 valence electrons. The Morgan fingerprint density at radius 2 is 2.06 bits per heavy atom. The standard InChI is InChI=1S/C11H9F2NO2S/c1-2-9(11(15)16)17-10-7(12)3-6(5-14)4-8(10)13/h3-4,9H,2H2,1H3,(H,15,16). The molecular formula is C11H9F2NO2S. The molecule has 0 radical (unpaired) electrons. The number of hydrogen-bond acceptors (Lipinski definition) is 3. The second-order valence-electron chi connectivity index (χ2n) is 3.23. The predicted molar refractivity (Wildman–Crippen MR) is 58.6 cm³/mol. The summed E-state index contributed by atoms with van der Waals surface area (Å²) in [5.74, 6) is -2.95. The van der Waals surface area contributed by atoms with Crippen molar-refractivity contribution >= 4 is 17.7 Å². The topological polar surface area (TPSA) is 61.1 Å². The van der Waals surface area contributed by atoms with E-state index in [1.807, 2.05) is 0 Å². The van der Waals surface area contributed by atoms with Gasteiger partial charge in [-0.15, -0.1) is 11.8 Å². The van der Waals surface area contributed by atoms with Crippen LogP contribution in [-0.4, -0.2) is 16.3 Å². The summed E-state index contributed by atoms with van der Waals surface area (Å²) in [6.07, 6.45) is 0.249. The molecule has 0 bridgehead atoms. The van der Waals surface area contributed by atoms with Crippen LogP contribution in [0.5, 0.6) is 0 Å². The van der Waals surface area contributed by atoms with E-state index >= 15 is 0 Å². The zero-order valence-corrected chi connectivity index (χ0v) is 9.72. The van der Waals surface area contributed by atoms with E-state index < -0.39 is 22.9 Å². The van der Waals surface area contributed by atoms with Crippen LogP contribution in [0.3, 0.4) is 0 Å². The first-order chi connectivity index (χ1) is 7.99. The molecule has 0 spiro atoms. The summed E-state index contributed by atoms with van der Waals surface area (Å²) in [7, 11) is 0. The molecule has 6 heteroatoms. The number of hydrogen-bond donors (Lipinski definition) is 1. The first-order valence-corrected chi connectivity index (χ1v) is 5.66. The molecule has 1 N–H and O–H groups in total. The number of thioether (sulfide) groups is 1. The third-order valence-corrected chi connectivity index (χ3v) is 3.48. The summed E-state index contributed by atoms with van der Waals surface area (Å²) in [6.45, 7) is 1.62. The first-order valence-electron chi connectivity index (χ1n) is 4.78. The Kier molecular flexibility index (Phi) is 4.46. The number of nitriles is 1. The van der Waals surface area contributed by atoms with Crippen LogP contribution >= 0.6 is 11.8 Å². The molecule has 0 saturated heterocycles. The molecule has 0 aromatic heterocycles. The average molecular weight is 257 g/mol. The number of carbonyl (C=O) groups is 1. The fourth-order valence-corrected chi connectivity index (χ4v) is 2.08. The van der Waals surface area contributed by atoms with Crippen molar-refractivity contribution in [3.8, 4) is 6.07 Å². The Morgan fingerprint density at radius 1 is 1.53 bits per heavy atom. The largest absolute Gasteiger partial charge is 0.480 e. The third kappa shape index (κ3) is 3.17. The molecule has 17 heavy (non-hydrogen) atoms. The van der Waals surface area contributed by atoms with E-state index in [1.165, 1.54) is 0 Å². The highest BCUT2D eigenvalue weighted by Gasteiger charge is 2.21. The van der Waals surface area contributed by atoms with Crippen LogP contribution < -0.4 is 0 Å². The van der Waals surface area contributed by atoms with E-state index in [0.29, 0.717) is 11.8 Å². The summed E-state index contributed by atoms with van der Waals surface area (Å²) < 4.78 is 26.9. The van der Waals surface area contributed by atoms with Gasteiger partial charge in [-0.1, -0.05) is 6.92 Å². The van der Waals surface area contributed by atoms with Gasteiger partial charge in [-0.25, -0.2) is 8.78 Å². The number of nitrogens with zero attached hydrogens (tertiary/aromatic N) is 1. The minimum Gasteiger partial charge on any atom is -0.480 e. The molecule has 1 atom stereocenters. The molecular weight excluding hydrogens is 248 g/mol. The van der Waals surface area contributed by atoms with E-state index in [0.717, 1.165) is 12.1 Å². The third-order valence-electron chi connectivity index (χ3n) is 2.03. The van der Waals surface area contributed by atoms with E-state index in [9.17, 15) is 13.6 Å². The van der Waals surface area contributed by atoms with Crippen LogP contribution in [-0.2, 0) is 4.79 Å². The van der Waals surface area contributed by atoms with E-state index in [1.54, 1.807) is 13.0 Å². The molecule has 0 saturated carbocycles. The zero-order chi connectivity index (χ0) is 13.0. The summed E-state index contributed by atoms with van der Waals surface area (Å²) in [5.41, 5.74) is -0.132. The summed E-state index contributed by atoms with van der Waals surface area (Å²) in [4.78, 5) is 10.4. The van der Waals surface area contributed by atoms with Gasteiger partial charge in [0.25, 0.3) is 0 Å². The second-order valence-corrected chi connectivity index (χ2v) is 4.45. The monoisotopic (exact) mass is 257 g/mol. The molecule has 0 heterocycles. The van der Waals surface area contributed by atoms with Gasteiger partial charge in [-0.05, 0) is 18.6 Å². The molecule has 1 unspecified atom stereocenters. The average Bonchev–Trinajstić information content (AvgIpc) is 2.27. The predicted octanol–water partition coefficient (Wildman–Crippen LogP) is 2.79. The molecule has 0 fully saturated rings. The highest BCUT2D eigenvalue weighted by molar-refractivity contribution is 8.00. The van der Waals surface area contributed by atoms with Crippen LogP contribution in [0, 0.1) is 23.0 Å². The van der Waals surface area contributed by atoms with Gasteiger partial charge in [0.05, 0.1) is 16.5 Å². The molecule has 0 amide bonds. The van der Waals surface area contributed by atoms with Gasteiger partial charge in [-0.2, -0.15) is 5.26 Å². The quantitative estimate of drug-likeness (QED) is 0.842. The van der Waals surface area contributed by atoms with Gasteiger partial charge in [0.2, 0.25) is 0 Å². The van der Waals surface area contributed by atoms with Crippen molar-refractivity contribution in [1.82, 2.24) is 0 Å². The van der Waals surface area contributed by atoms with Crippen molar-refractivity contribution in [3.05, 3.63) is 29.3 Å². The lowest BCUT2D eigenvalue weighted by atomic mass is 10.2. The highest BCUT2D eigenvalue weighted by Crippen LogP contribution is 2.31. The Hall–Kier alpha value is -1.61. The van der Waals surface area contributed by atoms with Gasteiger partial charge in [0, 0.05) is 0 Å². The van der Waals surface area contributed by atoms with Crippen molar-refractivity contribution < 1.29 is 18.7 Å². The lowest BCUT2D eigenvalue weighted by Gasteiger charge is -2.10. The maximum absolute atomic E-state index is 13.5. The summed E-state index contributed by atoms with van der Waals surface area (Å²) in [5, 5.41) is 16.4. The van der Waals surface area contributed by atoms with Gasteiger partial charge in [0.1, 0.15) is 16.9 Å². The van der Waals surface area contributed by atoms with Gasteiger partial charge < -0.3 is 5.11 Å². The SMILES string of the molecule is CCC(Sc1c(F)cc(C#N)cc1F)C(=O)O. The lowest BCUT2D eigenvalue weighted by Crippen LogP contribution is -2.15. The fraction of sp³-hybridized carbons (Fsp3) is 0.273. The maximum Gasteiger partial charge on any atom is 0.316 e. The first kappa shape index (κ1) is 13.5. The Bertz CT molecular complexity index is 462. The Morgan fingerprint density at radius 3 is 2.41 bits per heavy atom. The van der Waals surface area contributed by atoms with Crippen molar-refractivity contribution in [2.45, 2.75) is 23.5 Å². The van der Waals surface area contributed by atoms with Crippen LogP contribution in [0.1, 0.15) is 18.9 Å². The molecule has 0 aliphatic rings. The lowest BCUT2D eigenvalue weighted by molar-refractivity contribution is -0.136. The van der Waals surface area contributed by atoms with Crippen LogP contribution in [0.25, 0.3) is 0 Å². The van der Waals surface area contributed by atoms with Crippen molar-refractivity contribution in [3.63, 3.8) is 0 Å². The summed E-state index contributed by atoms with van der Waals surface area (Å²) in [6, 6.07) is 3.40. The number of benzene rings is 1. The Balaban J connectivity index is 3.07. The van der Waals surface area contributed by atoms with E-state index in [4.69, 9.17) is 10.4 Å². The van der Waals surface area contributed by atoms with Crippen molar-refractivity contribution in [2.75, 3.05) is 0 Å². The minimum absolute atomic E-state index is 0.132. The highest BCUT2D eigenvalue weighted by atomic mass is 32.2. The van der Waals surface area contributed by atoms with Crippen LogP contribution in [0.15, 0.2) is 17.0 Å². The molecule has 1 rings (SSSR count). The van der Waals surface area contributed by atoms with Crippen molar-refractivity contribution in [1.29, 1.82) is 5.26 Å². The number of aliphatic carboxylic acids is 1. The number of rotatable bonds is 4. The van der Waals surface area contributed by atoms with Crippen LogP contribution in [0.2, 0.25) is 0 Å². The van der Waals surface area contributed by atoms with E-state index in [-0.39, 0.29) is 16.9 Å². The molecule has 0 aliphatic heterocycles. The van der Waals surface area contributed by atoms with Gasteiger partial charge >= 0.3 is 5.97 Å². The van der Waals surface area contributed by atoms with Crippen molar-refractivity contribution in [2.24, 2.45) is 0 Å². The molecule has 0 aliphatic carbocycles. The normalized spacial score (nSPS) is 11.9. The van der Waals surface area contributed by atoms with E-state index in [2.05, 4.69) is 0 Å². The molecule has 1 aromatic rings. The Labute approximate surface area is 101 Å². The fourth-order valence-electron chi connectivity index (χ4n) is 1.19. The maximum atomic E-state index is 13.5. The molecule has 3 nitrogen and oxygen atoms in total. The molecule has 1 aromatic carbocycles.